The number of carbonyl (C=O) groups is 1. The van der Waals surface area contributed by atoms with E-state index in [-0.39, 0.29) is 17.8 Å². The Morgan fingerprint density at radius 1 is 1.53 bits per heavy atom. The van der Waals surface area contributed by atoms with Gasteiger partial charge < -0.3 is 20.8 Å². The lowest BCUT2D eigenvalue weighted by Gasteiger charge is -2.12. The first-order chi connectivity index (χ1) is 9.02. The summed E-state index contributed by atoms with van der Waals surface area (Å²) in [7, 11) is 1.56. The second-order valence-electron chi connectivity index (χ2n) is 4.17. The monoisotopic (exact) mass is 280 g/mol. The number of hydrogen-bond acceptors (Lipinski definition) is 6. The third-order valence-electron chi connectivity index (χ3n) is 2.71. The van der Waals surface area contributed by atoms with Crippen LogP contribution in [0.5, 0.6) is 0 Å². The lowest BCUT2D eigenvalue weighted by Crippen LogP contribution is -2.20. The van der Waals surface area contributed by atoms with Crippen molar-refractivity contribution in [3.05, 3.63) is 29.2 Å². The average molecular weight is 280 g/mol. The largest absolute Gasteiger partial charge is 0.464 e. The number of aryl methyl sites for hydroxylation is 1. The quantitative estimate of drug-likeness (QED) is 0.798. The number of nitrogens with one attached hydrogen (secondary N) is 2. The smallest absolute Gasteiger partial charge is 0.257 e. The van der Waals surface area contributed by atoms with Crippen LogP contribution >= 0.6 is 11.5 Å². The molecule has 2 rings (SSSR count). The zero-order valence-electron chi connectivity index (χ0n) is 11.0. The molecule has 1 amide bonds. The van der Waals surface area contributed by atoms with Crippen molar-refractivity contribution in [1.29, 1.82) is 0 Å². The first-order valence-electron chi connectivity index (χ1n) is 5.83. The van der Waals surface area contributed by atoms with Crippen molar-refractivity contribution in [1.82, 2.24) is 9.69 Å². The number of furan rings is 1. The predicted octanol–water partition coefficient (Wildman–Crippen LogP) is 2.16. The molecule has 0 aliphatic rings. The van der Waals surface area contributed by atoms with Crippen molar-refractivity contribution in [3.8, 4) is 0 Å². The number of nitrogens with two attached hydrogens (primary N) is 1. The van der Waals surface area contributed by atoms with Gasteiger partial charge in [-0.3, -0.25) is 4.79 Å². The number of anilines is 2. The van der Waals surface area contributed by atoms with Crippen molar-refractivity contribution >= 4 is 28.3 Å². The van der Waals surface area contributed by atoms with Crippen molar-refractivity contribution in [2.24, 2.45) is 0 Å². The molecule has 2 heterocycles. The van der Waals surface area contributed by atoms with E-state index in [0.717, 1.165) is 23.1 Å². The van der Waals surface area contributed by atoms with Gasteiger partial charge in [-0.1, -0.05) is 0 Å². The van der Waals surface area contributed by atoms with Gasteiger partial charge in [0.2, 0.25) is 0 Å². The molecule has 1 unspecified atom stereocenters. The van der Waals surface area contributed by atoms with E-state index in [1.54, 1.807) is 7.05 Å². The zero-order valence-corrected chi connectivity index (χ0v) is 11.8. The Balaban J connectivity index is 2.22. The molecule has 2 aromatic rings. The molecule has 4 N–H and O–H groups in total. The molecule has 0 saturated heterocycles. The number of hydrogen-bond donors (Lipinski definition) is 3. The molecule has 0 aromatic carbocycles. The van der Waals surface area contributed by atoms with Gasteiger partial charge in [-0.25, -0.2) is 0 Å². The topological polar surface area (TPSA) is 93.2 Å². The fraction of sp³-hybridized carbons (Fsp3) is 0.333. The summed E-state index contributed by atoms with van der Waals surface area (Å²) in [5.41, 5.74) is 6.09. The summed E-state index contributed by atoms with van der Waals surface area (Å²) in [5, 5.41) is 6.39. The molecule has 7 heteroatoms. The number of carbonyl (C=O) groups excluding carboxylic acids is 1. The SMILES string of the molecule is CNC(=O)c1c(N)nsc1NC(C)c1ccc(C)o1. The highest BCUT2D eigenvalue weighted by Gasteiger charge is 2.20. The number of amides is 1. The molecule has 0 radical (unpaired) electrons. The summed E-state index contributed by atoms with van der Waals surface area (Å²) < 4.78 is 9.54. The van der Waals surface area contributed by atoms with Gasteiger partial charge >= 0.3 is 0 Å². The summed E-state index contributed by atoms with van der Waals surface area (Å²) in [6, 6.07) is 3.72. The summed E-state index contributed by atoms with van der Waals surface area (Å²) in [5.74, 6) is 1.62. The molecule has 0 fully saturated rings. The maximum absolute atomic E-state index is 11.8. The van der Waals surface area contributed by atoms with Crippen LogP contribution in [0.3, 0.4) is 0 Å². The van der Waals surface area contributed by atoms with Crippen molar-refractivity contribution in [3.63, 3.8) is 0 Å². The van der Waals surface area contributed by atoms with E-state index in [4.69, 9.17) is 10.2 Å². The first kappa shape index (κ1) is 13.4. The van der Waals surface area contributed by atoms with E-state index < -0.39 is 0 Å². The maximum atomic E-state index is 11.8. The lowest BCUT2D eigenvalue weighted by atomic mass is 10.2. The molecule has 0 aliphatic carbocycles. The van der Waals surface area contributed by atoms with Gasteiger partial charge in [0.25, 0.3) is 5.91 Å². The molecule has 6 nitrogen and oxygen atoms in total. The molecule has 0 bridgehead atoms. The van der Waals surface area contributed by atoms with Gasteiger partial charge in [0.1, 0.15) is 22.1 Å². The van der Waals surface area contributed by atoms with E-state index in [1.807, 2.05) is 26.0 Å². The van der Waals surface area contributed by atoms with E-state index in [9.17, 15) is 4.79 Å². The van der Waals surface area contributed by atoms with Gasteiger partial charge in [-0.2, -0.15) is 4.37 Å². The highest BCUT2D eigenvalue weighted by Crippen LogP contribution is 2.30. The van der Waals surface area contributed by atoms with Crippen LogP contribution in [0.15, 0.2) is 16.5 Å². The molecule has 102 valence electrons. The van der Waals surface area contributed by atoms with Crippen LogP contribution in [-0.4, -0.2) is 17.3 Å². The number of aromatic nitrogens is 1. The molecular formula is C12H16N4O2S. The minimum Gasteiger partial charge on any atom is -0.464 e. The van der Waals surface area contributed by atoms with Gasteiger partial charge in [-0.05, 0) is 37.5 Å². The van der Waals surface area contributed by atoms with Gasteiger partial charge in [-0.15, -0.1) is 0 Å². The molecule has 0 aliphatic heterocycles. The van der Waals surface area contributed by atoms with Crippen LogP contribution in [-0.2, 0) is 0 Å². The van der Waals surface area contributed by atoms with Crippen molar-refractivity contribution in [2.45, 2.75) is 19.9 Å². The molecule has 1 atom stereocenters. The fourth-order valence-electron chi connectivity index (χ4n) is 1.70. The van der Waals surface area contributed by atoms with Crippen molar-refractivity contribution < 1.29 is 9.21 Å². The Hall–Kier alpha value is -2.02. The minimum absolute atomic E-state index is 0.0723. The Morgan fingerprint density at radius 3 is 2.84 bits per heavy atom. The lowest BCUT2D eigenvalue weighted by molar-refractivity contribution is 0.0965. The summed E-state index contributed by atoms with van der Waals surface area (Å²) >= 11 is 1.16. The predicted molar refractivity (Wildman–Crippen MR) is 75.4 cm³/mol. The van der Waals surface area contributed by atoms with Crippen LogP contribution in [0.25, 0.3) is 0 Å². The molecule has 0 spiro atoms. The number of nitrogens with zero attached hydrogens (tertiary/aromatic N) is 1. The van der Waals surface area contributed by atoms with Crippen molar-refractivity contribution in [2.75, 3.05) is 18.1 Å². The van der Waals surface area contributed by atoms with Crippen LogP contribution in [0.4, 0.5) is 10.8 Å². The first-order valence-corrected chi connectivity index (χ1v) is 6.60. The highest BCUT2D eigenvalue weighted by atomic mass is 32.1. The van der Waals surface area contributed by atoms with Crippen LogP contribution in [0.2, 0.25) is 0 Å². The van der Waals surface area contributed by atoms with Crippen LogP contribution in [0, 0.1) is 6.92 Å². The number of nitrogen functional groups attached to an aromatic ring is 1. The summed E-state index contributed by atoms with van der Waals surface area (Å²) in [6.07, 6.45) is 0. The van der Waals surface area contributed by atoms with Gasteiger partial charge in [0.15, 0.2) is 5.82 Å². The minimum atomic E-state index is -0.253. The average Bonchev–Trinajstić information content (AvgIpc) is 2.95. The zero-order chi connectivity index (χ0) is 14.0. The Morgan fingerprint density at radius 2 is 2.26 bits per heavy atom. The normalized spacial score (nSPS) is 12.2. The van der Waals surface area contributed by atoms with Crippen LogP contribution in [0.1, 0.15) is 34.8 Å². The third-order valence-corrected chi connectivity index (χ3v) is 3.50. The summed E-state index contributed by atoms with van der Waals surface area (Å²) in [6.45, 7) is 3.83. The Bertz CT molecular complexity index is 590. The third kappa shape index (κ3) is 2.70. The van der Waals surface area contributed by atoms with Gasteiger partial charge in [0, 0.05) is 7.05 Å². The van der Waals surface area contributed by atoms with E-state index in [2.05, 4.69) is 15.0 Å². The fourth-order valence-corrected chi connectivity index (χ4v) is 2.50. The maximum Gasteiger partial charge on any atom is 0.257 e. The molecular weight excluding hydrogens is 264 g/mol. The second kappa shape index (κ2) is 5.31. The number of rotatable bonds is 4. The van der Waals surface area contributed by atoms with E-state index in [0.29, 0.717) is 10.6 Å². The van der Waals surface area contributed by atoms with E-state index in [1.165, 1.54) is 0 Å². The molecule has 19 heavy (non-hydrogen) atoms. The Labute approximate surface area is 115 Å². The molecule has 0 saturated carbocycles. The summed E-state index contributed by atoms with van der Waals surface area (Å²) in [4.78, 5) is 11.8. The highest BCUT2D eigenvalue weighted by molar-refractivity contribution is 7.11. The van der Waals surface area contributed by atoms with Gasteiger partial charge in [0.05, 0.1) is 6.04 Å². The Kier molecular flexibility index (Phi) is 3.75. The molecule has 2 aromatic heterocycles. The second-order valence-corrected chi connectivity index (χ2v) is 4.94. The van der Waals surface area contributed by atoms with Crippen LogP contribution < -0.4 is 16.4 Å². The van der Waals surface area contributed by atoms with E-state index >= 15 is 0 Å². The standard InChI is InChI=1S/C12H16N4O2S/c1-6-4-5-8(18-6)7(2)15-12-9(11(17)14-3)10(13)16-19-12/h4-5,7,15H,1-3H3,(H2,13,16)(H,14,17).